The fourth-order valence-electron chi connectivity index (χ4n) is 9.15. The Morgan fingerprint density at radius 2 is 1.64 bits per heavy atom. The zero-order valence-electron chi connectivity index (χ0n) is 34.7. The number of hydrogen-bond donors (Lipinski definition) is 5. The van der Waals surface area contributed by atoms with E-state index in [1.54, 1.807) is 26.0 Å². The van der Waals surface area contributed by atoms with E-state index in [0.717, 1.165) is 48.4 Å². The number of primary amides is 1. The van der Waals surface area contributed by atoms with Gasteiger partial charge in [-0.1, -0.05) is 98.0 Å². The molecule has 6 N–H and O–H groups in total. The van der Waals surface area contributed by atoms with Crippen molar-refractivity contribution in [2.75, 3.05) is 19.6 Å². The molecule has 4 atom stereocenters. The number of carbonyl (C=O) groups is 5. The first kappa shape index (κ1) is 43.2. The number of carbonyl (C=O) groups excluding carboxylic acids is 5. The van der Waals surface area contributed by atoms with Gasteiger partial charge in [0, 0.05) is 31.6 Å². The standard InChI is InChI=1S/C45H56N8O8/c1-44(2,60)37-26-47-50-53(37)34-25-36(41(57)49-45(38(54)39(46)55)19-21-51(22-20-45)43(59)61-28-30-13-7-4-8-14-30)52(27-34)42(58)35(23-29-11-5-3-6-12-29)48-40(56)33-18-17-31-15-9-10-16-32(31)24-33/h4,7-10,13-18,24,26,29,34-36,38,54,60H,3,5-6,11-12,19-23,25,27-28H2,1-2H3,(H2,46,55)(H,48,56)(H,49,57)/t34-,35?,36-,38?/m0/s1. The molecule has 1 aliphatic carbocycles. The molecule has 1 aromatic heterocycles. The van der Waals surface area contributed by atoms with Crippen LogP contribution in [0.4, 0.5) is 4.79 Å². The van der Waals surface area contributed by atoms with E-state index in [1.807, 2.05) is 60.7 Å². The van der Waals surface area contributed by atoms with Crippen molar-refractivity contribution >= 4 is 40.5 Å². The lowest BCUT2D eigenvalue weighted by molar-refractivity contribution is -0.144. The van der Waals surface area contributed by atoms with E-state index in [9.17, 15) is 29.4 Å². The van der Waals surface area contributed by atoms with Crippen LogP contribution < -0.4 is 16.4 Å². The Balaban J connectivity index is 1.16. The molecular weight excluding hydrogens is 781 g/mol. The van der Waals surface area contributed by atoms with Crippen molar-refractivity contribution < 1.29 is 38.9 Å². The molecule has 0 spiro atoms. The molecule has 3 fully saturated rings. The summed E-state index contributed by atoms with van der Waals surface area (Å²) in [5, 5.41) is 38.4. The van der Waals surface area contributed by atoms with Crippen LogP contribution in [0.2, 0.25) is 0 Å². The highest BCUT2D eigenvalue weighted by molar-refractivity contribution is 6.01. The van der Waals surface area contributed by atoms with Crippen LogP contribution in [-0.4, -0.2) is 108 Å². The smallest absolute Gasteiger partial charge is 0.410 e. The van der Waals surface area contributed by atoms with E-state index in [4.69, 9.17) is 10.5 Å². The summed E-state index contributed by atoms with van der Waals surface area (Å²) in [6.45, 7) is 3.29. The average molecular weight is 837 g/mol. The van der Waals surface area contributed by atoms with Gasteiger partial charge in [-0.25, -0.2) is 9.48 Å². The Bertz CT molecular complexity index is 2210. The normalized spacial score (nSPS) is 20.5. The fraction of sp³-hybridized carbons (Fsp3) is 0.489. The highest BCUT2D eigenvalue weighted by Crippen LogP contribution is 2.35. The number of aliphatic hydroxyl groups excluding tert-OH is 1. The van der Waals surface area contributed by atoms with Gasteiger partial charge in [0.05, 0.1) is 23.5 Å². The molecule has 0 radical (unpaired) electrons. The number of benzene rings is 3. The van der Waals surface area contributed by atoms with Gasteiger partial charge in [0.25, 0.3) is 5.91 Å². The summed E-state index contributed by atoms with van der Waals surface area (Å²) >= 11 is 0. The van der Waals surface area contributed by atoms with Crippen LogP contribution in [0.1, 0.15) is 99.3 Å². The van der Waals surface area contributed by atoms with E-state index in [2.05, 4.69) is 20.9 Å². The molecule has 2 unspecified atom stereocenters. The highest BCUT2D eigenvalue weighted by atomic mass is 16.6. The van der Waals surface area contributed by atoms with Gasteiger partial charge < -0.3 is 41.1 Å². The SMILES string of the molecule is CC(C)(O)c1cnnn1[C@H]1C[C@@H](C(=O)NC2(C(O)C(N)=O)CCN(C(=O)OCc3ccccc3)CC2)N(C(=O)C(CC2CCCCC2)NC(=O)c2ccc3ccccc3c2)C1. The monoisotopic (exact) mass is 836 g/mol. The van der Waals surface area contributed by atoms with Gasteiger partial charge in [0.2, 0.25) is 17.7 Å². The third kappa shape index (κ3) is 9.86. The molecule has 16 heteroatoms. The van der Waals surface area contributed by atoms with Crippen molar-refractivity contribution in [3.05, 3.63) is 95.8 Å². The molecule has 324 valence electrons. The summed E-state index contributed by atoms with van der Waals surface area (Å²) < 4.78 is 7.04. The van der Waals surface area contributed by atoms with Crippen LogP contribution in [0.25, 0.3) is 10.8 Å². The number of amides is 5. The summed E-state index contributed by atoms with van der Waals surface area (Å²) in [7, 11) is 0. The van der Waals surface area contributed by atoms with E-state index >= 15 is 4.79 Å². The second kappa shape index (κ2) is 18.4. The topological polar surface area (TPSA) is 222 Å². The number of nitrogens with zero attached hydrogens (tertiary/aromatic N) is 5. The van der Waals surface area contributed by atoms with Crippen LogP contribution >= 0.6 is 0 Å². The average Bonchev–Trinajstić information content (AvgIpc) is 3.95. The van der Waals surface area contributed by atoms with E-state index in [-0.39, 0.29) is 51.4 Å². The number of nitrogens with two attached hydrogens (primary N) is 1. The molecule has 3 aromatic carbocycles. The quantitative estimate of drug-likeness (QED) is 0.131. The van der Waals surface area contributed by atoms with E-state index < -0.39 is 65.1 Å². The molecule has 4 aromatic rings. The van der Waals surface area contributed by atoms with E-state index in [1.165, 1.54) is 20.7 Å². The van der Waals surface area contributed by atoms with Gasteiger partial charge in [-0.2, -0.15) is 0 Å². The van der Waals surface area contributed by atoms with Gasteiger partial charge in [-0.15, -0.1) is 5.10 Å². The molecule has 5 amide bonds. The minimum atomic E-state index is -1.82. The van der Waals surface area contributed by atoms with Crippen LogP contribution in [0.5, 0.6) is 0 Å². The Hall–Kier alpha value is -5.87. The number of ether oxygens (including phenoxy) is 1. The van der Waals surface area contributed by atoms with Crippen LogP contribution in [-0.2, 0) is 31.3 Å². The van der Waals surface area contributed by atoms with Crippen molar-refractivity contribution in [2.24, 2.45) is 11.7 Å². The Morgan fingerprint density at radius 3 is 2.33 bits per heavy atom. The molecule has 3 heterocycles. The highest BCUT2D eigenvalue weighted by Gasteiger charge is 2.50. The lowest BCUT2D eigenvalue weighted by Gasteiger charge is -2.44. The molecule has 2 aliphatic heterocycles. The van der Waals surface area contributed by atoms with Gasteiger partial charge >= 0.3 is 6.09 Å². The summed E-state index contributed by atoms with van der Waals surface area (Å²) in [5.41, 5.74) is 4.31. The number of piperidine rings is 1. The summed E-state index contributed by atoms with van der Waals surface area (Å²) in [4.78, 5) is 72.4. The van der Waals surface area contributed by atoms with Crippen LogP contribution in [0.15, 0.2) is 79.0 Å². The van der Waals surface area contributed by atoms with Crippen LogP contribution in [0, 0.1) is 5.92 Å². The molecule has 1 saturated carbocycles. The number of rotatable bonds is 13. The van der Waals surface area contributed by atoms with Crippen molar-refractivity contribution in [1.82, 2.24) is 35.4 Å². The third-order valence-electron chi connectivity index (χ3n) is 12.6. The Morgan fingerprint density at radius 1 is 0.951 bits per heavy atom. The summed E-state index contributed by atoms with van der Waals surface area (Å²) in [5.74, 6) is -2.43. The lowest BCUT2D eigenvalue weighted by Crippen LogP contribution is -2.67. The van der Waals surface area contributed by atoms with Crippen molar-refractivity contribution in [2.45, 2.75) is 114 Å². The predicted octanol–water partition coefficient (Wildman–Crippen LogP) is 3.70. The Labute approximate surface area is 354 Å². The first-order valence-electron chi connectivity index (χ1n) is 21.2. The maximum absolute atomic E-state index is 15.1. The van der Waals surface area contributed by atoms with Gasteiger partial charge in [-0.05, 0) is 67.5 Å². The zero-order chi connectivity index (χ0) is 43.3. The van der Waals surface area contributed by atoms with Crippen molar-refractivity contribution in [1.29, 1.82) is 0 Å². The molecule has 7 rings (SSSR count). The number of likely N-dealkylation sites (tertiary alicyclic amines) is 2. The minimum Gasteiger partial charge on any atom is -0.445 e. The van der Waals surface area contributed by atoms with Crippen molar-refractivity contribution in [3.63, 3.8) is 0 Å². The molecule has 3 aliphatic rings. The van der Waals surface area contributed by atoms with Gasteiger partial charge in [0.1, 0.15) is 24.3 Å². The maximum atomic E-state index is 15.1. The minimum absolute atomic E-state index is 0.0111. The fourth-order valence-corrected chi connectivity index (χ4v) is 9.15. The van der Waals surface area contributed by atoms with Crippen molar-refractivity contribution in [3.8, 4) is 0 Å². The second-order valence-electron chi connectivity index (χ2n) is 17.3. The largest absolute Gasteiger partial charge is 0.445 e. The third-order valence-corrected chi connectivity index (χ3v) is 12.6. The number of fused-ring (bicyclic) bond motifs is 1. The lowest BCUT2D eigenvalue weighted by atomic mass is 9.81. The number of hydrogen-bond acceptors (Lipinski definition) is 10. The first-order chi connectivity index (χ1) is 29.2. The van der Waals surface area contributed by atoms with Gasteiger partial charge in [-0.3, -0.25) is 19.2 Å². The van der Waals surface area contributed by atoms with E-state index in [0.29, 0.717) is 17.7 Å². The predicted molar refractivity (Wildman–Crippen MR) is 224 cm³/mol. The van der Waals surface area contributed by atoms with Crippen LogP contribution in [0.3, 0.4) is 0 Å². The first-order valence-corrected chi connectivity index (χ1v) is 21.2. The second-order valence-corrected chi connectivity index (χ2v) is 17.3. The summed E-state index contributed by atoms with van der Waals surface area (Å²) in [6.07, 6.45) is 4.30. The maximum Gasteiger partial charge on any atom is 0.410 e. The van der Waals surface area contributed by atoms with Gasteiger partial charge in [0.15, 0.2) is 6.10 Å². The molecule has 61 heavy (non-hydrogen) atoms. The number of nitrogens with one attached hydrogen (secondary N) is 2. The zero-order valence-corrected chi connectivity index (χ0v) is 34.7. The molecule has 0 bridgehead atoms. The Kier molecular flexibility index (Phi) is 13.0. The number of aromatic nitrogens is 3. The number of aliphatic hydroxyl groups is 2. The molecular formula is C45H56N8O8. The molecule has 2 saturated heterocycles. The molecule has 16 nitrogen and oxygen atoms in total. The summed E-state index contributed by atoms with van der Waals surface area (Å²) in [6, 6.07) is 19.5.